The van der Waals surface area contributed by atoms with Crippen molar-refractivity contribution in [1.29, 1.82) is 0 Å². The maximum Gasteiger partial charge on any atom is 0.0657 e. The largest absolute Gasteiger partial charge is 0.383 e. The first-order chi connectivity index (χ1) is 8.47. The Bertz CT molecular complexity index is 332. The van der Waals surface area contributed by atoms with Gasteiger partial charge in [-0.25, -0.2) is 0 Å². The molecule has 1 aromatic carbocycles. The Balaban J connectivity index is 2.65. The number of benzene rings is 1. The lowest BCUT2D eigenvalue weighted by Crippen LogP contribution is -2.37. The summed E-state index contributed by atoms with van der Waals surface area (Å²) >= 11 is 0. The molecule has 0 heterocycles. The maximum atomic E-state index is 5.32. The fourth-order valence-corrected chi connectivity index (χ4v) is 1.72. The molecular weight excluding hydrogens is 222 g/mol. The zero-order valence-corrected chi connectivity index (χ0v) is 12.4. The Labute approximate surface area is 112 Å². The van der Waals surface area contributed by atoms with Gasteiger partial charge in [0, 0.05) is 13.7 Å². The van der Waals surface area contributed by atoms with Gasteiger partial charge in [0.1, 0.15) is 0 Å². The molecule has 0 amide bonds. The van der Waals surface area contributed by atoms with Crippen molar-refractivity contribution in [3.05, 3.63) is 35.9 Å². The van der Waals surface area contributed by atoms with E-state index in [1.165, 1.54) is 5.56 Å². The van der Waals surface area contributed by atoms with Crippen LogP contribution in [-0.4, -0.2) is 20.3 Å². The van der Waals surface area contributed by atoms with Crippen molar-refractivity contribution in [2.24, 2.45) is 11.3 Å². The molecule has 18 heavy (non-hydrogen) atoms. The lowest BCUT2D eigenvalue weighted by Gasteiger charge is -2.32. The molecule has 0 aliphatic rings. The summed E-state index contributed by atoms with van der Waals surface area (Å²) in [6.45, 7) is 10.9. The van der Waals surface area contributed by atoms with Crippen molar-refractivity contribution in [3.8, 4) is 0 Å². The first kappa shape index (κ1) is 15.2. The van der Waals surface area contributed by atoms with Crippen LogP contribution in [0.1, 0.15) is 39.3 Å². The van der Waals surface area contributed by atoms with Gasteiger partial charge in [0.15, 0.2) is 0 Å². The Kier molecular flexibility index (Phi) is 5.83. The molecule has 0 fully saturated rings. The summed E-state index contributed by atoms with van der Waals surface area (Å²) in [4.78, 5) is 0. The van der Waals surface area contributed by atoms with Crippen LogP contribution in [0, 0.1) is 11.3 Å². The molecule has 0 aromatic heterocycles. The Hall–Kier alpha value is -0.860. The molecule has 1 aromatic rings. The van der Waals surface area contributed by atoms with E-state index in [4.69, 9.17) is 4.74 Å². The number of nitrogens with one attached hydrogen (secondary N) is 1. The van der Waals surface area contributed by atoms with E-state index in [1.807, 2.05) is 6.07 Å². The number of ether oxygens (including phenoxy) is 1. The molecule has 2 nitrogen and oxygen atoms in total. The molecule has 0 radical (unpaired) electrons. The van der Waals surface area contributed by atoms with Crippen molar-refractivity contribution >= 4 is 0 Å². The average molecular weight is 249 g/mol. The molecule has 2 heteroatoms. The third kappa shape index (κ3) is 4.43. The fourth-order valence-electron chi connectivity index (χ4n) is 1.72. The number of rotatable bonds is 7. The molecule has 1 rings (SSSR count). The van der Waals surface area contributed by atoms with Crippen LogP contribution in [0.15, 0.2) is 30.3 Å². The highest BCUT2D eigenvalue weighted by Gasteiger charge is 2.23. The quantitative estimate of drug-likeness (QED) is 0.796. The molecule has 0 spiro atoms. The molecule has 0 saturated carbocycles. The highest BCUT2D eigenvalue weighted by Crippen LogP contribution is 2.26. The summed E-state index contributed by atoms with van der Waals surface area (Å²) in [6.07, 6.45) is 0. The predicted octanol–water partition coefficient (Wildman–Crippen LogP) is 3.65. The Morgan fingerprint density at radius 3 is 2.28 bits per heavy atom. The first-order valence-corrected chi connectivity index (χ1v) is 6.74. The van der Waals surface area contributed by atoms with Crippen molar-refractivity contribution in [2.75, 3.05) is 20.3 Å². The maximum absolute atomic E-state index is 5.32. The minimum atomic E-state index is 0.272. The fraction of sp³-hybridized carbons (Fsp3) is 0.625. The zero-order valence-electron chi connectivity index (χ0n) is 12.4. The monoisotopic (exact) mass is 249 g/mol. The number of hydrogen-bond acceptors (Lipinski definition) is 2. The number of methoxy groups -OCH3 is 1. The van der Waals surface area contributed by atoms with E-state index in [1.54, 1.807) is 7.11 Å². The van der Waals surface area contributed by atoms with E-state index < -0.39 is 0 Å². The molecule has 1 N–H and O–H groups in total. The number of hydrogen-bond donors (Lipinski definition) is 1. The van der Waals surface area contributed by atoms with Gasteiger partial charge in [0.25, 0.3) is 0 Å². The molecule has 0 bridgehead atoms. The van der Waals surface area contributed by atoms with Gasteiger partial charge in [-0.15, -0.1) is 0 Å². The van der Waals surface area contributed by atoms with Crippen LogP contribution in [0.25, 0.3) is 0 Å². The summed E-state index contributed by atoms with van der Waals surface area (Å²) in [5.74, 6) is 0.656. The van der Waals surface area contributed by atoms with Gasteiger partial charge in [0.2, 0.25) is 0 Å². The van der Waals surface area contributed by atoms with Gasteiger partial charge < -0.3 is 10.1 Å². The second kappa shape index (κ2) is 6.91. The smallest absolute Gasteiger partial charge is 0.0657 e. The van der Waals surface area contributed by atoms with Crippen LogP contribution in [0.4, 0.5) is 0 Å². The normalized spacial score (nSPS) is 13.9. The van der Waals surface area contributed by atoms with Crippen LogP contribution in [-0.2, 0) is 4.74 Å². The van der Waals surface area contributed by atoms with Gasteiger partial charge in [-0.3, -0.25) is 0 Å². The summed E-state index contributed by atoms with van der Waals surface area (Å²) < 4.78 is 5.32. The van der Waals surface area contributed by atoms with Crippen LogP contribution < -0.4 is 5.32 Å². The van der Waals surface area contributed by atoms with Crippen molar-refractivity contribution in [3.63, 3.8) is 0 Å². The zero-order chi connectivity index (χ0) is 13.6. The van der Waals surface area contributed by atoms with E-state index in [0.717, 1.165) is 6.54 Å². The summed E-state index contributed by atoms with van der Waals surface area (Å²) in [5.41, 5.74) is 1.58. The molecule has 0 aliphatic carbocycles. The molecule has 102 valence electrons. The van der Waals surface area contributed by atoms with Gasteiger partial charge in [-0.05, 0) is 16.9 Å². The van der Waals surface area contributed by atoms with Crippen LogP contribution in [0.3, 0.4) is 0 Å². The molecular formula is C16H27NO. The standard InChI is InChI=1S/C16H27NO/c1-13(2)16(3,4)12-17-15(11-18-5)14-9-7-6-8-10-14/h6-10,13,15,17H,11-12H2,1-5H3. The third-order valence-corrected chi connectivity index (χ3v) is 3.90. The lowest BCUT2D eigenvalue weighted by molar-refractivity contribution is 0.151. The summed E-state index contributed by atoms with van der Waals surface area (Å²) in [7, 11) is 1.76. The van der Waals surface area contributed by atoms with E-state index in [9.17, 15) is 0 Å². The second-order valence-electron chi connectivity index (χ2n) is 5.94. The molecule has 1 unspecified atom stereocenters. The van der Waals surface area contributed by atoms with E-state index >= 15 is 0 Å². The highest BCUT2D eigenvalue weighted by molar-refractivity contribution is 5.19. The SMILES string of the molecule is COCC(NCC(C)(C)C(C)C)c1ccccc1. The third-order valence-electron chi connectivity index (χ3n) is 3.90. The van der Waals surface area contributed by atoms with Crippen LogP contribution >= 0.6 is 0 Å². The Morgan fingerprint density at radius 1 is 1.17 bits per heavy atom. The van der Waals surface area contributed by atoms with E-state index in [2.05, 4.69) is 57.3 Å². The summed E-state index contributed by atoms with van der Waals surface area (Å²) in [6, 6.07) is 10.8. The predicted molar refractivity (Wildman–Crippen MR) is 77.7 cm³/mol. The molecule has 1 atom stereocenters. The second-order valence-corrected chi connectivity index (χ2v) is 5.94. The topological polar surface area (TPSA) is 21.3 Å². The van der Waals surface area contributed by atoms with E-state index in [-0.39, 0.29) is 6.04 Å². The average Bonchev–Trinajstić information content (AvgIpc) is 2.35. The molecule has 0 saturated heterocycles. The van der Waals surface area contributed by atoms with Crippen molar-refractivity contribution in [1.82, 2.24) is 5.32 Å². The minimum absolute atomic E-state index is 0.272. The van der Waals surface area contributed by atoms with E-state index in [0.29, 0.717) is 17.9 Å². The first-order valence-electron chi connectivity index (χ1n) is 6.74. The van der Waals surface area contributed by atoms with Gasteiger partial charge in [-0.2, -0.15) is 0 Å². The van der Waals surface area contributed by atoms with Gasteiger partial charge >= 0.3 is 0 Å². The Morgan fingerprint density at radius 2 is 1.78 bits per heavy atom. The van der Waals surface area contributed by atoms with Crippen LogP contribution in [0.2, 0.25) is 0 Å². The van der Waals surface area contributed by atoms with Crippen molar-refractivity contribution in [2.45, 2.75) is 33.7 Å². The van der Waals surface area contributed by atoms with Gasteiger partial charge in [0.05, 0.1) is 12.6 Å². The summed E-state index contributed by atoms with van der Waals surface area (Å²) in [5, 5.41) is 3.63. The minimum Gasteiger partial charge on any atom is -0.383 e. The van der Waals surface area contributed by atoms with Gasteiger partial charge in [-0.1, -0.05) is 58.0 Å². The highest BCUT2D eigenvalue weighted by atomic mass is 16.5. The van der Waals surface area contributed by atoms with Crippen LogP contribution in [0.5, 0.6) is 0 Å². The lowest BCUT2D eigenvalue weighted by atomic mass is 9.81. The molecule has 0 aliphatic heterocycles. The van der Waals surface area contributed by atoms with Crippen molar-refractivity contribution < 1.29 is 4.74 Å².